The van der Waals surface area contributed by atoms with Gasteiger partial charge in [0.25, 0.3) is 0 Å². The molecule has 0 aliphatic carbocycles. The predicted molar refractivity (Wildman–Crippen MR) is 90.9 cm³/mol. The van der Waals surface area contributed by atoms with E-state index >= 15 is 0 Å². The van der Waals surface area contributed by atoms with Crippen LogP contribution in [-0.2, 0) is 0 Å². The summed E-state index contributed by atoms with van der Waals surface area (Å²) < 4.78 is 0. The third-order valence-corrected chi connectivity index (χ3v) is 4.36. The fraction of sp³-hybridized carbons (Fsp3) is 0.250. The SMILES string of the molecule is Cc1ccc2nc(-c3cc(C)c(C)c(C)c3)c(C)cc2c1. The van der Waals surface area contributed by atoms with Crippen molar-refractivity contribution in [2.45, 2.75) is 34.6 Å². The van der Waals surface area contributed by atoms with E-state index in [-0.39, 0.29) is 0 Å². The van der Waals surface area contributed by atoms with Gasteiger partial charge in [0.2, 0.25) is 0 Å². The van der Waals surface area contributed by atoms with Crippen molar-refractivity contribution in [3.63, 3.8) is 0 Å². The summed E-state index contributed by atoms with van der Waals surface area (Å²) in [5.41, 5.74) is 9.91. The molecule has 0 saturated heterocycles. The summed E-state index contributed by atoms with van der Waals surface area (Å²) >= 11 is 0. The minimum absolute atomic E-state index is 1.07. The Labute approximate surface area is 126 Å². The van der Waals surface area contributed by atoms with Gasteiger partial charge in [-0.3, -0.25) is 0 Å². The molecule has 1 aromatic heterocycles. The number of pyridine rings is 1. The van der Waals surface area contributed by atoms with Crippen molar-refractivity contribution in [1.29, 1.82) is 0 Å². The maximum atomic E-state index is 4.90. The molecule has 0 spiro atoms. The minimum Gasteiger partial charge on any atom is -0.248 e. The maximum absolute atomic E-state index is 4.90. The van der Waals surface area contributed by atoms with Crippen LogP contribution in [0, 0.1) is 34.6 Å². The Bertz CT molecular complexity index is 821. The van der Waals surface area contributed by atoms with Crippen LogP contribution in [0.1, 0.15) is 27.8 Å². The zero-order chi connectivity index (χ0) is 15.1. The van der Waals surface area contributed by atoms with Gasteiger partial charge in [-0.1, -0.05) is 11.6 Å². The van der Waals surface area contributed by atoms with Gasteiger partial charge in [-0.15, -0.1) is 0 Å². The Hall–Kier alpha value is -2.15. The highest BCUT2D eigenvalue weighted by atomic mass is 14.7. The number of nitrogens with zero attached hydrogens (tertiary/aromatic N) is 1. The van der Waals surface area contributed by atoms with Crippen LogP contribution in [0.5, 0.6) is 0 Å². The van der Waals surface area contributed by atoms with Gasteiger partial charge in [-0.25, -0.2) is 4.98 Å². The molecule has 1 nitrogen and oxygen atoms in total. The zero-order valence-corrected chi connectivity index (χ0v) is 13.4. The van der Waals surface area contributed by atoms with Crippen LogP contribution in [0.2, 0.25) is 0 Å². The Kier molecular flexibility index (Phi) is 3.29. The summed E-state index contributed by atoms with van der Waals surface area (Å²) in [6, 6.07) is 13.2. The van der Waals surface area contributed by atoms with Crippen molar-refractivity contribution in [2.75, 3.05) is 0 Å². The van der Waals surface area contributed by atoms with E-state index in [0.717, 1.165) is 11.2 Å². The second-order valence-corrected chi connectivity index (χ2v) is 6.09. The van der Waals surface area contributed by atoms with Gasteiger partial charge < -0.3 is 0 Å². The summed E-state index contributed by atoms with van der Waals surface area (Å²) in [4.78, 5) is 4.90. The predicted octanol–water partition coefficient (Wildman–Crippen LogP) is 5.44. The number of hydrogen-bond acceptors (Lipinski definition) is 1. The van der Waals surface area contributed by atoms with Crippen LogP contribution in [0.3, 0.4) is 0 Å². The van der Waals surface area contributed by atoms with Crippen LogP contribution in [-0.4, -0.2) is 4.98 Å². The first-order valence-electron chi connectivity index (χ1n) is 7.42. The lowest BCUT2D eigenvalue weighted by Gasteiger charge is -2.12. The first-order chi connectivity index (χ1) is 9.95. The lowest BCUT2D eigenvalue weighted by atomic mass is 9.96. The summed E-state index contributed by atoms with van der Waals surface area (Å²) in [6.45, 7) is 10.8. The van der Waals surface area contributed by atoms with Gasteiger partial charge >= 0.3 is 0 Å². The first kappa shape index (κ1) is 13.8. The summed E-state index contributed by atoms with van der Waals surface area (Å²) in [5, 5.41) is 1.22. The molecular formula is C20H21N. The van der Waals surface area contributed by atoms with Crippen LogP contribution in [0.15, 0.2) is 36.4 Å². The van der Waals surface area contributed by atoms with E-state index in [1.165, 1.54) is 38.8 Å². The van der Waals surface area contributed by atoms with Crippen LogP contribution in [0.25, 0.3) is 22.2 Å². The maximum Gasteiger partial charge on any atom is 0.0739 e. The largest absolute Gasteiger partial charge is 0.248 e. The Morgan fingerprint density at radius 3 is 2.05 bits per heavy atom. The molecule has 0 radical (unpaired) electrons. The van der Waals surface area contributed by atoms with Crippen LogP contribution >= 0.6 is 0 Å². The van der Waals surface area contributed by atoms with E-state index < -0.39 is 0 Å². The molecule has 0 bridgehead atoms. The third-order valence-electron chi connectivity index (χ3n) is 4.36. The van der Waals surface area contributed by atoms with E-state index in [1.807, 2.05) is 0 Å². The Morgan fingerprint density at radius 1 is 0.714 bits per heavy atom. The fourth-order valence-corrected chi connectivity index (χ4v) is 2.87. The molecule has 0 atom stereocenters. The van der Waals surface area contributed by atoms with Crippen molar-refractivity contribution < 1.29 is 0 Å². The number of hydrogen-bond donors (Lipinski definition) is 0. The Balaban J connectivity index is 2.25. The molecule has 106 valence electrons. The summed E-state index contributed by atoms with van der Waals surface area (Å²) in [7, 11) is 0. The van der Waals surface area contributed by atoms with E-state index in [2.05, 4.69) is 71.0 Å². The molecule has 2 aromatic carbocycles. The molecule has 0 aliphatic rings. The summed E-state index contributed by atoms with van der Waals surface area (Å²) in [5.74, 6) is 0. The van der Waals surface area contributed by atoms with Gasteiger partial charge in [0.05, 0.1) is 11.2 Å². The molecule has 1 heteroatoms. The van der Waals surface area contributed by atoms with Crippen molar-refractivity contribution in [3.05, 3.63) is 64.2 Å². The normalized spacial score (nSPS) is 11.1. The first-order valence-corrected chi connectivity index (χ1v) is 7.42. The fourth-order valence-electron chi connectivity index (χ4n) is 2.87. The third kappa shape index (κ3) is 2.44. The molecule has 0 aliphatic heterocycles. The van der Waals surface area contributed by atoms with Gasteiger partial charge in [0.1, 0.15) is 0 Å². The number of aryl methyl sites for hydroxylation is 4. The Morgan fingerprint density at radius 2 is 1.38 bits per heavy atom. The molecule has 0 saturated carbocycles. The van der Waals surface area contributed by atoms with Gasteiger partial charge in [-0.05, 0) is 87.2 Å². The monoisotopic (exact) mass is 275 g/mol. The average Bonchev–Trinajstić information content (AvgIpc) is 2.43. The van der Waals surface area contributed by atoms with E-state index in [9.17, 15) is 0 Å². The molecular weight excluding hydrogens is 254 g/mol. The zero-order valence-electron chi connectivity index (χ0n) is 13.4. The standard InChI is InChI=1S/C20H21N/c1-12-6-7-19-17(8-12)11-15(4)20(21-19)18-9-13(2)16(5)14(3)10-18/h6-11H,1-5H3. The molecule has 1 heterocycles. The van der Waals surface area contributed by atoms with Crippen LogP contribution in [0.4, 0.5) is 0 Å². The second-order valence-electron chi connectivity index (χ2n) is 6.09. The highest BCUT2D eigenvalue weighted by molar-refractivity contribution is 5.84. The van der Waals surface area contributed by atoms with Crippen LogP contribution < -0.4 is 0 Å². The van der Waals surface area contributed by atoms with E-state index in [0.29, 0.717) is 0 Å². The van der Waals surface area contributed by atoms with Crippen molar-refractivity contribution in [3.8, 4) is 11.3 Å². The molecule has 0 amide bonds. The van der Waals surface area contributed by atoms with Gasteiger partial charge in [0, 0.05) is 10.9 Å². The molecule has 0 fully saturated rings. The van der Waals surface area contributed by atoms with Gasteiger partial charge in [-0.2, -0.15) is 0 Å². The quantitative estimate of drug-likeness (QED) is 0.576. The molecule has 3 aromatic rings. The number of fused-ring (bicyclic) bond motifs is 1. The average molecular weight is 275 g/mol. The topological polar surface area (TPSA) is 12.9 Å². The van der Waals surface area contributed by atoms with E-state index in [4.69, 9.17) is 4.98 Å². The molecule has 3 rings (SSSR count). The second kappa shape index (κ2) is 5.00. The molecule has 0 unspecified atom stereocenters. The van der Waals surface area contributed by atoms with Crippen molar-refractivity contribution in [2.24, 2.45) is 0 Å². The van der Waals surface area contributed by atoms with Crippen molar-refractivity contribution in [1.82, 2.24) is 4.98 Å². The highest BCUT2D eigenvalue weighted by Crippen LogP contribution is 2.28. The van der Waals surface area contributed by atoms with Gasteiger partial charge in [0.15, 0.2) is 0 Å². The minimum atomic E-state index is 1.07. The highest BCUT2D eigenvalue weighted by Gasteiger charge is 2.09. The lowest BCUT2D eigenvalue weighted by Crippen LogP contribution is -1.94. The van der Waals surface area contributed by atoms with E-state index in [1.54, 1.807) is 0 Å². The van der Waals surface area contributed by atoms with Crippen molar-refractivity contribution >= 4 is 10.9 Å². The number of aromatic nitrogens is 1. The molecule has 0 N–H and O–H groups in total. The number of benzene rings is 2. The number of rotatable bonds is 1. The summed E-state index contributed by atoms with van der Waals surface area (Å²) in [6.07, 6.45) is 0. The lowest BCUT2D eigenvalue weighted by molar-refractivity contribution is 1.25. The smallest absolute Gasteiger partial charge is 0.0739 e. The molecule has 21 heavy (non-hydrogen) atoms.